The van der Waals surface area contributed by atoms with Crippen molar-refractivity contribution < 1.29 is 42.8 Å². The van der Waals surface area contributed by atoms with Gasteiger partial charge in [-0.25, -0.2) is 4.79 Å². The highest BCUT2D eigenvalue weighted by Gasteiger charge is 2.69. The Morgan fingerprint density at radius 3 is 2.38 bits per heavy atom. The topological polar surface area (TPSA) is 130 Å². The molecule has 5 N–H and O–H groups in total. The summed E-state index contributed by atoms with van der Waals surface area (Å²) in [6, 6.07) is -1.47. The molecular formula is C27H38F3NO6. The largest absolute Gasteiger partial charge is 0.457 e. The number of halogens is 3. The molecule has 0 bridgehead atoms. The fourth-order valence-electron chi connectivity index (χ4n) is 6.55. The highest BCUT2D eigenvalue weighted by molar-refractivity contribution is 6.04. The van der Waals surface area contributed by atoms with Crippen LogP contribution in [-0.4, -0.2) is 62.7 Å². The van der Waals surface area contributed by atoms with Gasteiger partial charge in [-0.15, -0.1) is 0 Å². The Balaban J connectivity index is 1.99. The second-order valence-corrected chi connectivity index (χ2v) is 11.8. The van der Waals surface area contributed by atoms with E-state index in [1.54, 1.807) is 46.8 Å². The predicted molar refractivity (Wildman–Crippen MR) is 130 cm³/mol. The van der Waals surface area contributed by atoms with Gasteiger partial charge in [0.25, 0.3) is 0 Å². The second-order valence-electron chi connectivity index (χ2n) is 11.8. The lowest BCUT2D eigenvalue weighted by molar-refractivity contribution is -0.246. The van der Waals surface area contributed by atoms with Crippen molar-refractivity contribution in [2.75, 3.05) is 6.61 Å². The van der Waals surface area contributed by atoms with E-state index in [-0.39, 0.29) is 18.4 Å². The Kier molecular flexibility index (Phi) is 7.44. The molecule has 0 saturated heterocycles. The number of nitrogens with two attached hydrogens (primary N) is 1. The summed E-state index contributed by atoms with van der Waals surface area (Å²) < 4.78 is 43.8. The number of ketones is 1. The first-order valence-corrected chi connectivity index (χ1v) is 12.5. The molecule has 0 amide bonds. The van der Waals surface area contributed by atoms with Crippen LogP contribution in [0.1, 0.15) is 60.3 Å². The molecule has 3 aliphatic carbocycles. The quantitative estimate of drug-likeness (QED) is 0.307. The lowest BCUT2D eigenvalue weighted by Gasteiger charge is -2.61. The summed E-state index contributed by atoms with van der Waals surface area (Å²) >= 11 is 0. The van der Waals surface area contributed by atoms with Crippen LogP contribution in [0.2, 0.25) is 0 Å². The van der Waals surface area contributed by atoms with Crippen LogP contribution in [0.25, 0.3) is 0 Å². The molecule has 1 fully saturated rings. The summed E-state index contributed by atoms with van der Waals surface area (Å²) in [6.07, 6.45) is -2.87. The van der Waals surface area contributed by atoms with E-state index >= 15 is 0 Å². The number of hydrogen-bond acceptors (Lipinski definition) is 7. The van der Waals surface area contributed by atoms with Crippen molar-refractivity contribution in [1.82, 2.24) is 0 Å². The number of Topliss-reactive ketones (excluding diaryl/α,β-unsaturated/α-hetero) is 1. The number of aliphatic hydroxyl groups is 3. The van der Waals surface area contributed by atoms with Gasteiger partial charge < -0.3 is 25.8 Å². The first kappa shape index (κ1) is 29.5. The second kappa shape index (κ2) is 9.32. The average molecular weight is 530 g/mol. The minimum absolute atomic E-state index is 0.101. The molecule has 0 radical (unpaired) electrons. The van der Waals surface area contributed by atoms with Crippen LogP contribution in [0, 0.1) is 23.2 Å². The number of aliphatic hydroxyl groups excluding tert-OH is 1. The van der Waals surface area contributed by atoms with Crippen LogP contribution < -0.4 is 5.73 Å². The fourth-order valence-corrected chi connectivity index (χ4v) is 6.55. The van der Waals surface area contributed by atoms with E-state index in [9.17, 15) is 38.1 Å². The van der Waals surface area contributed by atoms with Crippen molar-refractivity contribution >= 4 is 11.8 Å². The normalized spacial score (nSPS) is 38.1. The number of ether oxygens (including phenoxy) is 1. The number of hydrogen-bond donors (Lipinski definition) is 4. The van der Waals surface area contributed by atoms with Crippen LogP contribution in [-0.2, 0) is 14.3 Å². The minimum Gasteiger partial charge on any atom is -0.457 e. The predicted octanol–water partition coefficient (Wildman–Crippen LogP) is 3.13. The smallest absolute Gasteiger partial charge is 0.389 e. The maximum Gasteiger partial charge on any atom is 0.389 e. The van der Waals surface area contributed by atoms with E-state index in [0.29, 0.717) is 11.1 Å². The van der Waals surface area contributed by atoms with E-state index in [1.807, 2.05) is 0 Å². The molecule has 3 aliphatic rings. The lowest BCUT2D eigenvalue weighted by atomic mass is 9.48. The molecule has 0 aliphatic heterocycles. The Morgan fingerprint density at radius 1 is 1.24 bits per heavy atom. The molecule has 3 rings (SSSR count). The highest BCUT2D eigenvalue weighted by Crippen LogP contribution is 2.63. The van der Waals surface area contributed by atoms with E-state index in [2.05, 4.69) is 6.58 Å². The number of fused-ring (bicyclic) bond motifs is 3. The summed E-state index contributed by atoms with van der Waals surface area (Å²) in [7, 11) is 0. The van der Waals surface area contributed by atoms with Crippen LogP contribution in [0.4, 0.5) is 13.2 Å². The summed E-state index contributed by atoms with van der Waals surface area (Å²) in [5.41, 5.74) is 0.700. The first-order chi connectivity index (χ1) is 16.7. The molecule has 0 spiro atoms. The van der Waals surface area contributed by atoms with Gasteiger partial charge in [-0.2, -0.15) is 13.2 Å². The van der Waals surface area contributed by atoms with Crippen molar-refractivity contribution in [3.63, 3.8) is 0 Å². The maximum absolute atomic E-state index is 13.0. The van der Waals surface area contributed by atoms with Gasteiger partial charge in [-0.05, 0) is 49.3 Å². The zero-order chi connectivity index (χ0) is 28.4. The van der Waals surface area contributed by atoms with Gasteiger partial charge in [0.1, 0.15) is 17.2 Å². The van der Waals surface area contributed by atoms with E-state index < -0.39 is 83.4 Å². The van der Waals surface area contributed by atoms with Crippen molar-refractivity contribution in [3.05, 3.63) is 35.5 Å². The standard InChI is InChI=1S/C27H38F3NO6/c1-14(7-8-26(28,29)30)20(31)22(34)37-24(6)11-16(3)27(36)18(23(24,4)5)10-17(13-32)12-25(35)19(27)9-15(2)21(25)33/h9-10,16,18-20,32,35-36H,1,7-8,11-13,31H2,2-6H3/t16-,18+,19-,20+,24-,25-,27-/m1/s1. The summed E-state index contributed by atoms with van der Waals surface area (Å²) in [5.74, 6) is -3.77. The van der Waals surface area contributed by atoms with Gasteiger partial charge in [-0.1, -0.05) is 39.5 Å². The Hall–Kier alpha value is -2.01. The van der Waals surface area contributed by atoms with Gasteiger partial charge >= 0.3 is 12.1 Å². The zero-order valence-corrected chi connectivity index (χ0v) is 22.0. The first-order valence-electron chi connectivity index (χ1n) is 12.5. The highest BCUT2D eigenvalue weighted by atomic mass is 19.4. The lowest BCUT2D eigenvalue weighted by Crippen LogP contribution is -2.69. The van der Waals surface area contributed by atoms with Crippen LogP contribution >= 0.6 is 0 Å². The van der Waals surface area contributed by atoms with Gasteiger partial charge in [0.15, 0.2) is 5.78 Å². The number of esters is 1. The SMILES string of the molecule is C=C(CCC(F)(F)F)[C@H](N)C(=O)O[C@]1(C)C[C@@H](C)[C@@]2(O)[C@@H](C=C(CO)C[C@]3(O)C(=O)C(C)=C[C@@H]23)C1(C)C. The summed E-state index contributed by atoms with van der Waals surface area (Å²) in [6.45, 7) is 11.6. The van der Waals surface area contributed by atoms with Crippen molar-refractivity contribution in [1.29, 1.82) is 0 Å². The van der Waals surface area contributed by atoms with Gasteiger partial charge in [0.05, 0.1) is 12.2 Å². The number of rotatable bonds is 6. The molecule has 7 atom stereocenters. The molecule has 0 unspecified atom stereocenters. The van der Waals surface area contributed by atoms with Gasteiger partial charge in [0.2, 0.25) is 0 Å². The molecule has 208 valence electrons. The van der Waals surface area contributed by atoms with E-state index in [4.69, 9.17) is 10.5 Å². The monoisotopic (exact) mass is 529 g/mol. The van der Waals surface area contributed by atoms with Crippen molar-refractivity contribution in [3.8, 4) is 0 Å². The third-order valence-corrected chi connectivity index (χ3v) is 9.16. The summed E-state index contributed by atoms with van der Waals surface area (Å²) in [5, 5.41) is 33.9. The molecule has 37 heavy (non-hydrogen) atoms. The molecule has 0 aromatic heterocycles. The minimum atomic E-state index is -4.42. The Labute approximate surface area is 215 Å². The zero-order valence-electron chi connectivity index (χ0n) is 22.0. The van der Waals surface area contributed by atoms with Gasteiger partial charge in [0, 0.05) is 30.1 Å². The Bertz CT molecular complexity index is 1050. The van der Waals surface area contributed by atoms with Crippen LogP contribution in [0.5, 0.6) is 0 Å². The maximum atomic E-state index is 13.0. The number of alkyl halides is 3. The van der Waals surface area contributed by atoms with Crippen LogP contribution in [0.3, 0.4) is 0 Å². The molecule has 0 aromatic carbocycles. The fraction of sp³-hybridized carbons (Fsp3) is 0.704. The Morgan fingerprint density at radius 2 is 1.84 bits per heavy atom. The molecule has 7 nitrogen and oxygen atoms in total. The third-order valence-electron chi connectivity index (χ3n) is 9.16. The van der Waals surface area contributed by atoms with E-state index in [1.165, 1.54) is 0 Å². The number of carbonyl (C=O) groups is 2. The van der Waals surface area contributed by atoms with Crippen molar-refractivity contribution in [2.24, 2.45) is 28.9 Å². The summed E-state index contributed by atoms with van der Waals surface area (Å²) in [4.78, 5) is 26.0. The average Bonchev–Trinajstić information content (AvgIpc) is 2.94. The molecular weight excluding hydrogens is 491 g/mol. The number of carbonyl (C=O) groups excluding carboxylic acids is 2. The molecule has 1 saturated carbocycles. The van der Waals surface area contributed by atoms with Crippen molar-refractivity contribution in [2.45, 2.75) is 89.3 Å². The molecule has 10 heteroatoms. The third kappa shape index (κ3) is 4.70. The van der Waals surface area contributed by atoms with Gasteiger partial charge in [-0.3, -0.25) is 4.79 Å². The van der Waals surface area contributed by atoms with Crippen LogP contribution in [0.15, 0.2) is 35.5 Å². The molecule has 0 aromatic rings. The van der Waals surface area contributed by atoms with E-state index in [0.717, 1.165) is 0 Å². The molecule has 0 heterocycles.